The minimum atomic E-state index is 0.00295. The fraction of sp³-hybridized carbons (Fsp3) is 0.452. The molecule has 0 unspecified atom stereocenters. The van der Waals surface area contributed by atoms with E-state index in [1.54, 1.807) is 7.11 Å². The molecule has 0 spiro atoms. The number of ether oxygens (including phenoxy) is 1. The zero-order valence-electron chi connectivity index (χ0n) is 23.5. The Morgan fingerprint density at radius 2 is 1.42 bits per heavy atom. The predicted molar refractivity (Wildman–Crippen MR) is 156 cm³/mol. The van der Waals surface area contributed by atoms with E-state index in [0.29, 0.717) is 47.9 Å². The molecular weight excluding hydrogens is 476 g/mol. The Hall–Kier alpha value is -3.61. The quantitative estimate of drug-likeness (QED) is 0.371. The van der Waals surface area contributed by atoms with E-state index in [-0.39, 0.29) is 11.8 Å². The molecule has 0 fully saturated rings. The SMILES string of the molecule is CCCN(CCC)C(=O)C1=Cc2cc(OC)c(-c3ccc(C(=O)N(CCC)CCC)cc3)cc2N=C(N)C1. The van der Waals surface area contributed by atoms with Gasteiger partial charge in [0, 0.05) is 54.9 Å². The number of amidine groups is 1. The van der Waals surface area contributed by atoms with E-state index in [2.05, 4.69) is 32.7 Å². The average Bonchev–Trinajstić information content (AvgIpc) is 3.08. The monoisotopic (exact) mass is 518 g/mol. The van der Waals surface area contributed by atoms with Gasteiger partial charge in [0.2, 0.25) is 5.91 Å². The van der Waals surface area contributed by atoms with E-state index in [4.69, 9.17) is 10.5 Å². The van der Waals surface area contributed by atoms with E-state index in [1.807, 2.05) is 52.3 Å². The summed E-state index contributed by atoms with van der Waals surface area (Å²) in [4.78, 5) is 34.8. The Kier molecular flexibility index (Phi) is 10.5. The van der Waals surface area contributed by atoms with Crippen LogP contribution in [0.1, 0.15) is 75.7 Å². The minimum absolute atomic E-state index is 0.00295. The number of carbonyl (C=O) groups excluding carboxylic acids is 2. The standard InChI is InChI=1S/C31H42N4O3/c1-6-14-34(15-7-2)30(36)23-12-10-22(11-13-23)26-21-27-24(19-28(26)38-5)18-25(20-29(32)33-27)31(37)35(16-8-3)17-9-4/h10-13,18-19,21H,6-9,14-17,20H2,1-5H3,(H2,32,33). The second kappa shape index (κ2) is 13.8. The normalized spacial score (nSPS) is 12.7. The van der Waals surface area contributed by atoms with Crippen LogP contribution in [0.4, 0.5) is 5.69 Å². The number of nitrogens with two attached hydrogens (primary N) is 1. The van der Waals surface area contributed by atoms with Gasteiger partial charge in [-0.25, -0.2) is 4.99 Å². The first-order valence-corrected chi connectivity index (χ1v) is 13.8. The number of carbonyl (C=O) groups is 2. The summed E-state index contributed by atoms with van der Waals surface area (Å²) in [6, 6.07) is 11.5. The summed E-state index contributed by atoms with van der Waals surface area (Å²) in [5.74, 6) is 1.12. The molecule has 0 radical (unpaired) electrons. The van der Waals surface area contributed by atoms with Crippen LogP contribution >= 0.6 is 0 Å². The summed E-state index contributed by atoms with van der Waals surface area (Å²) in [7, 11) is 1.63. The van der Waals surface area contributed by atoms with Crippen LogP contribution in [0.5, 0.6) is 5.75 Å². The molecule has 7 heteroatoms. The van der Waals surface area contributed by atoms with Crippen LogP contribution in [0.25, 0.3) is 17.2 Å². The second-order valence-corrected chi connectivity index (χ2v) is 9.72. The molecule has 2 aromatic carbocycles. The van der Waals surface area contributed by atoms with Gasteiger partial charge in [0.25, 0.3) is 5.91 Å². The smallest absolute Gasteiger partial charge is 0.253 e. The summed E-state index contributed by atoms with van der Waals surface area (Å²) in [5.41, 5.74) is 10.8. The highest BCUT2D eigenvalue weighted by atomic mass is 16.5. The molecule has 1 aliphatic rings. The summed E-state index contributed by atoms with van der Waals surface area (Å²) in [6.07, 6.45) is 5.85. The van der Waals surface area contributed by atoms with Gasteiger partial charge in [-0.05, 0) is 61.6 Å². The Bertz CT molecular complexity index is 1170. The predicted octanol–water partition coefficient (Wildman–Crippen LogP) is 6.05. The van der Waals surface area contributed by atoms with Crippen LogP contribution in [0.15, 0.2) is 47.0 Å². The molecule has 2 amide bonds. The molecule has 204 valence electrons. The van der Waals surface area contributed by atoms with Gasteiger partial charge in [-0.2, -0.15) is 0 Å². The number of amides is 2. The lowest BCUT2D eigenvalue weighted by atomic mass is 9.98. The van der Waals surface area contributed by atoms with Crippen molar-refractivity contribution in [1.82, 2.24) is 9.80 Å². The number of benzene rings is 2. The van der Waals surface area contributed by atoms with Gasteiger partial charge in [0.05, 0.1) is 12.8 Å². The van der Waals surface area contributed by atoms with E-state index in [0.717, 1.165) is 55.5 Å². The lowest BCUT2D eigenvalue weighted by molar-refractivity contribution is -0.127. The fourth-order valence-corrected chi connectivity index (χ4v) is 4.84. The highest BCUT2D eigenvalue weighted by Gasteiger charge is 2.22. The fourth-order valence-electron chi connectivity index (χ4n) is 4.84. The number of hydrogen-bond donors (Lipinski definition) is 1. The topological polar surface area (TPSA) is 88.2 Å². The van der Waals surface area contributed by atoms with Crippen LogP contribution < -0.4 is 10.5 Å². The van der Waals surface area contributed by atoms with Crippen molar-refractivity contribution >= 4 is 29.4 Å². The number of nitrogens with zero attached hydrogens (tertiary/aromatic N) is 3. The third-order valence-electron chi connectivity index (χ3n) is 6.58. The van der Waals surface area contributed by atoms with E-state index in [9.17, 15) is 9.59 Å². The van der Waals surface area contributed by atoms with Gasteiger partial charge in [-0.3, -0.25) is 9.59 Å². The second-order valence-electron chi connectivity index (χ2n) is 9.72. The number of rotatable bonds is 12. The van der Waals surface area contributed by atoms with Crippen molar-refractivity contribution in [2.45, 2.75) is 59.8 Å². The minimum Gasteiger partial charge on any atom is -0.496 e. The van der Waals surface area contributed by atoms with Crippen molar-refractivity contribution in [3.05, 3.63) is 53.1 Å². The Morgan fingerprint density at radius 3 is 1.95 bits per heavy atom. The highest BCUT2D eigenvalue weighted by Crippen LogP contribution is 2.39. The number of fused-ring (bicyclic) bond motifs is 1. The van der Waals surface area contributed by atoms with Gasteiger partial charge >= 0.3 is 0 Å². The lowest BCUT2D eigenvalue weighted by Crippen LogP contribution is -2.34. The molecule has 0 saturated heterocycles. The van der Waals surface area contributed by atoms with Gasteiger partial charge in [-0.1, -0.05) is 39.8 Å². The average molecular weight is 519 g/mol. The molecular formula is C31H42N4O3. The Morgan fingerprint density at radius 1 is 0.868 bits per heavy atom. The summed E-state index contributed by atoms with van der Waals surface area (Å²) >= 11 is 0. The zero-order valence-corrected chi connectivity index (χ0v) is 23.5. The van der Waals surface area contributed by atoms with Crippen molar-refractivity contribution in [2.24, 2.45) is 10.7 Å². The maximum Gasteiger partial charge on any atom is 0.253 e. The van der Waals surface area contributed by atoms with E-state index in [1.165, 1.54) is 0 Å². The maximum absolute atomic E-state index is 13.3. The Balaban J connectivity index is 1.97. The first-order valence-electron chi connectivity index (χ1n) is 13.8. The van der Waals surface area contributed by atoms with Crippen molar-refractivity contribution in [3.63, 3.8) is 0 Å². The number of hydrogen-bond acceptors (Lipinski definition) is 5. The largest absolute Gasteiger partial charge is 0.496 e. The molecule has 1 heterocycles. The number of aliphatic imine (C=N–C) groups is 1. The molecule has 0 bridgehead atoms. The van der Waals surface area contributed by atoms with Gasteiger partial charge in [-0.15, -0.1) is 0 Å². The van der Waals surface area contributed by atoms with Crippen molar-refractivity contribution in [3.8, 4) is 16.9 Å². The summed E-state index contributed by atoms with van der Waals surface area (Å²) < 4.78 is 5.75. The number of methoxy groups -OCH3 is 1. The van der Waals surface area contributed by atoms with Gasteiger partial charge in [0.1, 0.15) is 11.6 Å². The Labute approximate surface area is 227 Å². The van der Waals surface area contributed by atoms with Gasteiger partial charge in [0.15, 0.2) is 0 Å². The van der Waals surface area contributed by atoms with Crippen LogP contribution in [-0.4, -0.2) is 60.7 Å². The molecule has 38 heavy (non-hydrogen) atoms. The molecule has 7 nitrogen and oxygen atoms in total. The van der Waals surface area contributed by atoms with Crippen LogP contribution in [0.3, 0.4) is 0 Å². The van der Waals surface area contributed by atoms with E-state index < -0.39 is 0 Å². The third-order valence-corrected chi connectivity index (χ3v) is 6.58. The molecule has 0 atom stereocenters. The van der Waals surface area contributed by atoms with Crippen molar-refractivity contribution < 1.29 is 14.3 Å². The maximum atomic E-state index is 13.3. The van der Waals surface area contributed by atoms with Crippen LogP contribution in [-0.2, 0) is 4.79 Å². The lowest BCUT2D eigenvalue weighted by Gasteiger charge is -2.22. The molecule has 1 aliphatic heterocycles. The molecule has 2 N–H and O–H groups in total. The summed E-state index contributed by atoms with van der Waals surface area (Å²) in [6.45, 7) is 11.2. The highest BCUT2D eigenvalue weighted by molar-refractivity contribution is 6.06. The molecule has 0 aliphatic carbocycles. The van der Waals surface area contributed by atoms with E-state index >= 15 is 0 Å². The summed E-state index contributed by atoms with van der Waals surface area (Å²) in [5, 5.41) is 0. The molecule has 0 saturated carbocycles. The molecule has 0 aromatic heterocycles. The molecule has 3 rings (SSSR count). The van der Waals surface area contributed by atoms with Crippen molar-refractivity contribution in [1.29, 1.82) is 0 Å². The van der Waals surface area contributed by atoms with Crippen LogP contribution in [0, 0.1) is 0 Å². The third kappa shape index (κ3) is 6.82. The first-order chi connectivity index (χ1) is 18.4. The zero-order chi connectivity index (χ0) is 27.7. The van der Waals surface area contributed by atoms with Crippen molar-refractivity contribution in [2.75, 3.05) is 33.3 Å². The van der Waals surface area contributed by atoms with Gasteiger partial charge < -0.3 is 20.3 Å². The molecule has 2 aromatic rings. The first kappa shape index (κ1) is 29.0. The van der Waals surface area contributed by atoms with Crippen LogP contribution in [0.2, 0.25) is 0 Å².